The molecule has 2 atom stereocenters. The van der Waals surface area contributed by atoms with E-state index in [9.17, 15) is 0 Å². The third-order valence-electron chi connectivity index (χ3n) is 4.52. The van der Waals surface area contributed by atoms with Crippen LogP contribution in [0, 0.1) is 5.92 Å². The van der Waals surface area contributed by atoms with E-state index in [1.807, 2.05) is 18.4 Å². The van der Waals surface area contributed by atoms with Crippen LogP contribution in [-0.2, 0) is 17.8 Å². The Morgan fingerprint density at radius 1 is 1.30 bits per heavy atom. The van der Waals surface area contributed by atoms with E-state index in [2.05, 4.69) is 29.3 Å². The first kappa shape index (κ1) is 14.5. The Hall–Kier alpha value is -0.420. The molecule has 1 aliphatic carbocycles. The molecule has 2 fully saturated rings. The molecule has 3 nitrogen and oxygen atoms in total. The summed E-state index contributed by atoms with van der Waals surface area (Å²) in [5, 5.41) is 3.59. The second-order valence-corrected chi connectivity index (χ2v) is 7.55. The average molecular weight is 294 g/mol. The lowest BCUT2D eigenvalue weighted by atomic mass is 9.96. The molecule has 1 saturated carbocycles. The zero-order valence-electron chi connectivity index (χ0n) is 12.6. The summed E-state index contributed by atoms with van der Waals surface area (Å²) in [6.45, 7) is 6.71. The number of thiophene rings is 1. The second kappa shape index (κ2) is 6.56. The molecule has 1 N–H and O–H groups in total. The fourth-order valence-corrected chi connectivity index (χ4v) is 3.91. The van der Waals surface area contributed by atoms with E-state index in [1.165, 1.54) is 35.6 Å². The van der Waals surface area contributed by atoms with Crippen molar-refractivity contribution >= 4 is 11.3 Å². The van der Waals surface area contributed by atoms with Gasteiger partial charge in [0.1, 0.15) is 0 Å². The van der Waals surface area contributed by atoms with Gasteiger partial charge >= 0.3 is 0 Å². The number of rotatable bonds is 6. The molecular weight excluding hydrogens is 268 g/mol. The summed E-state index contributed by atoms with van der Waals surface area (Å²) in [6.07, 6.45) is 4.38. The number of ether oxygens (including phenoxy) is 1. The van der Waals surface area contributed by atoms with Crippen LogP contribution in [0.25, 0.3) is 0 Å². The molecule has 2 aliphatic rings. The van der Waals surface area contributed by atoms with E-state index in [0.717, 1.165) is 25.7 Å². The van der Waals surface area contributed by atoms with Gasteiger partial charge in [0.15, 0.2) is 0 Å². The van der Waals surface area contributed by atoms with Crippen molar-refractivity contribution in [2.75, 3.05) is 20.2 Å². The number of likely N-dealkylation sites (tertiary alicyclic amines) is 1. The highest BCUT2D eigenvalue weighted by Gasteiger charge is 2.26. The van der Waals surface area contributed by atoms with Gasteiger partial charge in [-0.15, -0.1) is 11.3 Å². The molecule has 1 aromatic heterocycles. The average Bonchev–Trinajstić information content (AvgIpc) is 3.18. The Morgan fingerprint density at radius 2 is 2.10 bits per heavy atom. The van der Waals surface area contributed by atoms with Crippen molar-refractivity contribution < 1.29 is 4.74 Å². The lowest BCUT2D eigenvalue weighted by molar-refractivity contribution is -0.00716. The quantitative estimate of drug-likeness (QED) is 0.873. The molecule has 2 unspecified atom stereocenters. The predicted octanol–water partition coefficient (Wildman–Crippen LogP) is 2.86. The first-order chi connectivity index (χ1) is 9.74. The van der Waals surface area contributed by atoms with Gasteiger partial charge in [0.05, 0.1) is 6.10 Å². The van der Waals surface area contributed by atoms with Gasteiger partial charge in [0.25, 0.3) is 0 Å². The van der Waals surface area contributed by atoms with Crippen LogP contribution in [0.1, 0.15) is 35.9 Å². The fourth-order valence-electron chi connectivity index (χ4n) is 2.90. The number of nitrogens with one attached hydrogen (secondary N) is 1. The fraction of sp³-hybridized carbons (Fsp3) is 0.750. The zero-order valence-corrected chi connectivity index (χ0v) is 13.4. The second-order valence-electron chi connectivity index (χ2n) is 6.30. The van der Waals surface area contributed by atoms with Crippen LogP contribution in [0.2, 0.25) is 0 Å². The molecule has 0 radical (unpaired) electrons. The van der Waals surface area contributed by atoms with E-state index < -0.39 is 0 Å². The van der Waals surface area contributed by atoms with Crippen LogP contribution >= 0.6 is 11.3 Å². The largest absolute Gasteiger partial charge is 0.380 e. The molecule has 20 heavy (non-hydrogen) atoms. The molecule has 112 valence electrons. The van der Waals surface area contributed by atoms with Crippen LogP contribution in [0.4, 0.5) is 0 Å². The van der Waals surface area contributed by atoms with Crippen molar-refractivity contribution in [3.63, 3.8) is 0 Å². The Balaban J connectivity index is 1.49. The molecule has 0 aromatic carbocycles. The highest BCUT2D eigenvalue weighted by atomic mass is 32.1. The molecule has 3 rings (SSSR count). The Labute approximate surface area is 126 Å². The Bertz CT molecular complexity index is 430. The van der Waals surface area contributed by atoms with Gasteiger partial charge in [0, 0.05) is 42.5 Å². The molecule has 0 amide bonds. The minimum absolute atomic E-state index is 0.403. The minimum Gasteiger partial charge on any atom is -0.380 e. The summed E-state index contributed by atoms with van der Waals surface area (Å²) in [7, 11) is 1.84. The third kappa shape index (κ3) is 3.82. The van der Waals surface area contributed by atoms with Crippen molar-refractivity contribution in [1.82, 2.24) is 10.2 Å². The normalized spacial score (nSPS) is 27.9. The van der Waals surface area contributed by atoms with E-state index in [4.69, 9.17) is 4.74 Å². The van der Waals surface area contributed by atoms with Crippen molar-refractivity contribution in [3.8, 4) is 0 Å². The van der Waals surface area contributed by atoms with Gasteiger partial charge in [-0.3, -0.25) is 4.90 Å². The van der Waals surface area contributed by atoms with Crippen LogP contribution in [0.15, 0.2) is 12.1 Å². The van der Waals surface area contributed by atoms with E-state index in [1.54, 1.807) is 0 Å². The number of hydrogen-bond donors (Lipinski definition) is 1. The maximum Gasteiger partial charge on any atom is 0.0724 e. The van der Waals surface area contributed by atoms with Crippen LogP contribution in [0.5, 0.6) is 0 Å². The van der Waals surface area contributed by atoms with Crippen molar-refractivity contribution in [2.24, 2.45) is 5.92 Å². The summed E-state index contributed by atoms with van der Waals surface area (Å²) in [4.78, 5) is 5.50. The van der Waals surface area contributed by atoms with Crippen LogP contribution in [-0.4, -0.2) is 37.2 Å². The molecule has 0 bridgehead atoms. The van der Waals surface area contributed by atoms with Gasteiger partial charge in [-0.2, -0.15) is 0 Å². The van der Waals surface area contributed by atoms with E-state index in [0.29, 0.717) is 12.0 Å². The molecule has 1 aromatic rings. The first-order valence-electron chi connectivity index (χ1n) is 7.80. The number of hydrogen-bond acceptors (Lipinski definition) is 4. The van der Waals surface area contributed by atoms with Gasteiger partial charge < -0.3 is 10.1 Å². The molecular formula is C16H26N2OS. The van der Waals surface area contributed by atoms with Gasteiger partial charge in [-0.1, -0.05) is 6.92 Å². The van der Waals surface area contributed by atoms with Crippen LogP contribution < -0.4 is 5.32 Å². The van der Waals surface area contributed by atoms with Gasteiger partial charge in [0.2, 0.25) is 0 Å². The standard InChI is InChI=1S/C16H26N2OS/c1-12-7-8-18(11-16(12)19-2)10-15-6-5-14(20-15)9-17-13-3-4-13/h5-6,12-13,16-17H,3-4,7-11H2,1-2H3. The minimum atomic E-state index is 0.403. The highest BCUT2D eigenvalue weighted by molar-refractivity contribution is 7.11. The summed E-state index contributed by atoms with van der Waals surface area (Å²) >= 11 is 1.96. The smallest absolute Gasteiger partial charge is 0.0724 e. The van der Waals surface area contributed by atoms with Crippen LogP contribution in [0.3, 0.4) is 0 Å². The summed E-state index contributed by atoms with van der Waals surface area (Å²) in [5.74, 6) is 0.692. The van der Waals surface area contributed by atoms with Crippen molar-refractivity contribution in [3.05, 3.63) is 21.9 Å². The topological polar surface area (TPSA) is 24.5 Å². The lowest BCUT2D eigenvalue weighted by Gasteiger charge is -2.35. The Kier molecular flexibility index (Phi) is 4.76. The SMILES string of the molecule is COC1CN(Cc2ccc(CNC3CC3)s2)CCC1C. The summed E-state index contributed by atoms with van der Waals surface area (Å²) < 4.78 is 5.60. The first-order valence-corrected chi connectivity index (χ1v) is 8.62. The molecule has 0 spiro atoms. The van der Waals surface area contributed by atoms with Crippen molar-refractivity contribution in [1.29, 1.82) is 0 Å². The summed E-state index contributed by atoms with van der Waals surface area (Å²) in [5.41, 5.74) is 0. The van der Waals surface area contributed by atoms with Gasteiger partial charge in [-0.25, -0.2) is 0 Å². The highest BCUT2D eigenvalue weighted by Crippen LogP contribution is 2.25. The number of methoxy groups -OCH3 is 1. The van der Waals surface area contributed by atoms with Gasteiger partial charge in [-0.05, 0) is 43.9 Å². The third-order valence-corrected chi connectivity index (χ3v) is 5.59. The Morgan fingerprint density at radius 3 is 2.85 bits per heavy atom. The molecule has 1 aliphatic heterocycles. The monoisotopic (exact) mass is 294 g/mol. The van der Waals surface area contributed by atoms with Crippen molar-refractivity contribution in [2.45, 2.75) is 51.4 Å². The maximum atomic E-state index is 5.60. The van der Waals surface area contributed by atoms with E-state index >= 15 is 0 Å². The number of nitrogens with zero attached hydrogens (tertiary/aromatic N) is 1. The van der Waals surface area contributed by atoms with E-state index in [-0.39, 0.29) is 0 Å². The lowest BCUT2D eigenvalue weighted by Crippen LogP contribution is -2.43. The molecule has 1 saturated heterocycles. The maximum absolute atomic E-state index is 5.60. The molecule has 4 heteroatoms. The predicted molar refractivity (Wildman–Crippen MR) is 84.0 cm³/mol. The zero-order chi connectivity index (χ0) is 13.9. The number of piperidine rings is 1. The molecule has 2 heterocycles. The summed E-state index contributed by atoms with van der Waals surface area (Å²) in [6, 6.07) is 5.39.